The predicted molar refractivity (Wildman–Crippen MR) is 63.3 cm³/mol. The van der Waals surface area contributed by atoms with Gasteiger partial charge in [0, 0.05) is 19.3 Å². The fourth-order valence-corrected chi connectivity index (χ4v) is 2.38. The third-order valence-electron chi connectivity index (χ3n) is 3.37. The average molecular weight is 273 g/mol. The van der Waals surface area contributed by atoms with Crippen LogP contribution in [0, 0.1) is 11.8 Å². The molecule has 2 atom stereocenters. The van der Waals surface area contributed by atoms with Gasteiger partial charge in [0.2, 0.25) is 5.91 Å². The smallest absolute Gasteiger partial charge is 0.369 e. The first-order chi connectivity index (χ1) is 8.80. The van der Waals surface area contributed by atoms with Crippen molar-refractivity contribution in [3.63, 3.8) is 0 Å². The van der Waals surface area contributed by atoms with Crippen molar-refractivity contribution < 1.29 is 18.0 Å². The number of aromatic nitrogens is 1. The summed E-state index contributed by atoms with van der Waals surface area (Å²) in [6.07, 6.45) is -3.15. The number of nitrogens with zero attached hydrogens (tertiary/aromatic N) is 2. The molecule has 104 valence electrons. The summed E-state index contributed by atoms with van der Waals surface area (Å²) in [5, 5.41) is 0. The summed E-state index contributed by atoms with van der Waals surface area (Å²) in [7, 11) is 0. The second-order valence-electron chi connectivity index (χ2n) is 4.76. The second kappa shape index (κ2) is 4.71. The standard InChI is InChI=1S/C12H14F3N3O/c1-7-5-18(6-8(7)10(16)19)11-9(12(13,14)15)3-2-4-17-11/h2-4,7-8H,5-6H2,1H3,(H2,16,19)/t7-,8-/m1/s1. The number of carbonyl (C=O) groups excluding carboxylic acids is 1. The van der Waals surface area contributed by atoms with E-state index >= 15 is 0 Å². The van der Waals surface area contributed by atoms with Crippen molar-refractivity contribution in [2.24, 2.45) is 17.6 Å². The highest BCUT2D eigenvalue weighted by Crippen LogP contribution is 2.37. The Kier molecular flexibility index (Phi) is 3.38. The lowest BCUT2D eigenvalue weighted by atomic mass is 9.98. The fraction of sp³-hybridized carbons (Fsp3) is 0.500. The molecular weight excluding hydrogens is 259 g/mol. The molecule has 0 spiro atoms. The van der Waals surface area contributed by atoms with Gasteiger partial charge in [-0.3, -0.25) is 4.79 Å². The van der Waals surface area contributed by atoms with Gasteiger partial charge in [-0.05, 0) is 18.1 Å². The fourth-order valence-electron chi connectivity index (χ4n) is 2.38. The lowest BCUT2D eigenvalue weighted by Gasteiger charge is -2.21. The van der Waals surface area contributed by atoms with Crippen LogP contribution in [0.15, 0.2) is 18.3 Å². The maximum absolute atomic E-state index is 12.9. The molecule has 0 aliphatic carbocycles. The van der Waals surface area contributed by atoms with E-state index in [9.17, 15) is 18.0 Å². The topological polar surface area (TPSA) is 59.2 Å². The Hall–Kier alpha value is -1.79. The van der Waals surface area contributed by atoms with E-state index in [4.69, 9.17) is 5.73 Å². The molecule has 1 amide bonds. The van der Waals surface area contributed by atoms with Crippen LogP contribution in [-0.2, 0) is 11.0 Å². The molecule has 1 fully saturated rings. The van der Waals surface area contributed by atoms with E-state index in [-0.39, 0.29) is 18.3 Å². The number of halogens is 3. The van der Waals surface area contributed by atoms with Gasteiger partial charge in [-0.1, -0.05) is 6.92 Å². The number of alkyl halides is 3. The molecule has 0 aromatic carbocycles. The van der Waals surface area contributed by atoms with E-state index in [1.54, 1.807) is 6.92 Å². The van der Waals surface area contributed by atoms with E-state index in [0.717, 1.165) is 6.07 Å². The van der Waals surface area contributed by atoms with Crippen LogP contribution in [0.1, 0.15) is 12.5 Å². The molecular formula is C12H14F3N3O. The van der Waals surface area contributed by atoms with Gasteiger partial charge in [0.15, 0.2) is 0 Å². The highest BCUT2D eigenvalue weighted by atomic mass is 19.4. The van der Waals surface area contributed by atoms with Gasteiger partial charge in [0.05, 0.1) is 11.5 Å². The molecule has 0 unspecified atom stereocenters. The van der Waals surface area contributed by atoms with Crippen molar-refractivity contribution in [1.29, 1.82) is 0 Å². The number of rotatable bonds is 2. The van der Waals surface area contributed by atoms with E-state index < -0.39 is 23.6 Å². The Balaban J connectivity index is 2.32. The number of nitrogens with two attached hydrogens (primary N) is 1. The molecule has 7 heteroatoms. The maximum atomic E-state index is 12.9. The normalized spacial score (nSPS) is 23.7. The van der Waals surface area contributed by atoms with Crippen LogP contribution >= 0.6 is 0 Å². The van der Waals surface area contributed by atoms with E-state index in [0.29, 0.717) is 6.54 Å². The molecule has 2 N–H and O–H groups in total. The Morgan fingerprint density at radius 2 is 2.16 bits per heavy atom. The van der Waals surface area contributed by atoms with Crippen LogP contribution in [0.3, 0.4) is 0 Å². The van der Waals surface area contributed by atoms with E-state index in [2.05, 4.69) is 4.98 Å². The quantitative estimate of drug-likeness (QED) is 0.891. The van der Waals surface area contributed by atoms with Crippen LogP contribution < -0.4 is 10.6 Å². The van der Waals surface area contributed by atoms with E-state index in [1.165, 1.54) is 17.2 Å². The number of anilines is 1. The first kappa shape index (κ1) is 13.6. The molecule has 1 aliphatic heterocycles. The molecule has 1 aromatic rings. The van der Waals surface area contributed by atoms with Crippen LogP contribution in [0.2, 0.25) is 0 Å². The molecule has 0 saturated carbocycles. The van der Waals surface area contributed by atoms with Gasteiger partial charge >= 0.3 is 6.18 Å². The zero-order valence-corrected chi connectivity index (χ0v) is 10.3. The SMILES string of the molecule is C[C@@H]1CN(c2ncccc2C(F)(F)F)C[C@H]1C(N)=O. The summed E-state index contributed by atoms with van der Waals surface area (Å²) in [5.41, 5.74) is 4.46. The molecule has 4 nitrogen and oxygen atoms in total. The number of primary amides is 1. The van der Waals surface area contributed by atoms with Crippen molar-refractivity contribution in [3.05, 3.63) is 23.9 Å². The molecule has 19 heavy (non-hydrogen) atoms. The summed E-state index contributed by atoms with van der Waals surface area (Å²) < 4.78 is 38.7. The van der Waals surface area contributed by atoms with Gasteiger partial charge in [0.1, 0.15) is 5.82 Å². The number of carbonyl (C=O) groups is 1. The first-order valence-corrected chi connectivity index (χ1v) is 5.87. The van der Waals surface area contributed by atoms with Gasteiger partial charge in [-0.2, -0.15) is 13.2 Å². The minimum atomic E-state index is -4.46. The van der Waals surface area contributed by atoms with Gasteiger partial charge in [-0.15, -0.1) is 0 Å². The highest BCUT2D eigenvalue weighted by molar-refractivity contribution is 5.78. The summed E-state index contributed by atoms with van der Waals surface area (Å²) >= 11 is 0. The van der Waals surface area contributed by atoms with Crippen molar-refractivity contribution in [2.75, 3.05) is 18.0 Å². The van der Waals surface area contributed by atoms with Crippen molar-refractivity contribution in [2.45, 2.75) is 13.1 Å². The average Bonchev–Trinajstić information content (AvgIpc) is 2.70. The zero-order valence-electron chi connectivity index (χ0n) is 10.3. The van der Waals surface area contributed by atoms with Crippen molar-refractivity contribution >= 4 is 11.7 Å². The van der Waals surface area contributed by atoms with Crippen molar-refractivity contribution in [1.82, 2.24) is 4.98 Å². The molecule has 1 aliphatic rings. The minimum Gasteiger partial charge on any atom is -0.369 e. The number of hydrogen-bond donors (Lipinski definition) is 1. The van der Waals surface area contributed by atoms with Gasteiger partial charge in [0.25, 0.3) is 0 Å². The largest absolute Gasteiger partial charge is 0.419 e. The lowest BCUT2D eigenvalue weighted by Crippen LogP contribution is -2.30. The van der Waals surface area contributed by atoms with Gasteiger partial charge < -0.3 is 10.6 Å². The minimum absolute atomic E-state index is 0.0828. The molecule has 0 bridgehead atoms. The predicted octanol–water partition coefficient (Wildman–Crippen LogP) is 1.66. The van der Waals surface area contributed by atoms with Crippen LogP contribution in [0.25, 0.3) is 0 Å². The third-order valence-corrected chi connectivity index (χ3v) is 3.37. The molecule has 1 aromatic heterocycles. The van der Waals surface area contributed by atoms with Crippen molar-refractivity contribution in [3.8, 4) is 0 Å². The second-order valence-corrected chi connectivity index (χ2v) is 4.76. The Morgan fingerprint density at radius 3 is 2.68 bits per heavy atom. The molecule has 0 radical (unpaired) electrons. The number of hydrogen-bond acceptors (Lipinski definition) is 3. The van der Waals surface area contributed by atoms with Gasteiger partial charge in [-0.25, -0.2) is 4.98 Å². The van der Waals surface area contributed by atoms with Crippen LogP contribution in [0.4, 0.5) is 19.0 Å². The number of amides is 1. The highest BCUT2D eigenvalue weighted by Gasteiger charge is 2.40. The van der Waals surface area contributed by atoms with E-state index in [1.807, 2.05) is 0 Å². The summed E-state index contributed by atoms with van der Waals surface area (Å²) in [6.45, 7) is 2.32. The maximum Gasteiger partial charge on any atom is 0.419 e. The molecule has 2 heterocycles. The first-order valence-electron chi connectivity index (χ1n) is 5.87. The summed E-state index contributed by atoms with van der Waals surface area (Å²) in [4.78, 5) is 16.5. The molecule has 1 saturated heterocycles. The third kappa shape index (κ3) is 2.64. The monoisotopic (exact) mass is 273 g/mol. The summed E-state index contributed by atoms with van der Waals surface area (Å²) in [6, 6.07) is 2.24. The lowest BCUT2D eigenvalue weighted by molar-refractivity contribution is -0.137. The van der Waals surface area contributed by atoms with Crippen LogP contribution in [-0.4, -0.2) is 24.0 Å². The molecule has 2 rings (SSSR count). The Morgan fingerprint density at radius 1 is 1.47 bits per heavy atom. The Labute approximate surface area is 108 Å². The Bertz CT molecular complexity index is 489. The number of pyridine rings is 1. The zero-order chi connectivity index (χ0) is 14.2. The van der Waals surface area contributed by atoms with Crippen LogP contribution in [0.5, 0.6) is 0 Å². The summed E-state index contributed by atoms with van der Waals surface area (Å²) in [5.74, 6) is -1.14.